The predicted molar refractivity (Wildman–Crippen MR) is 106 cm³/mol. The largest absolute Gasteiger partial charge is 0.395 e. The van der Waals surface area contributed by atoms with Crippen molar-refractivity contribution in [2.45, 2.75) is 12.8 Å². The maximum Gasteiger partial charge on any atom is 0.292 e. The van der Waals surface area contributed by atoms with Gasteiger partial charge in [0.1, 0.15) is 5.02 Å². The minimum absolute atomic E-state index is 0.0334. The zero-order chi connectivity index (χ0) is 20.1. The number of nitrogens with zero attached hydrogens (tertiary/aromatic N) is 4. The summed E-state index contributed by atoms with van der Waals surface area (Å²) in [5, 5.41) is 27.1. The van der Waals surface area contributed by atoms with Crippen molar-refractivity contribution >= 4 is 23.0 Å². The summed E-state index contributed by atoms with van der Waals surface area (Å²) in [6.07, 6.45) is 3.52. The summed E-state index contributed by atoms with van der Waals surface area (Å²) >= 11 is 6.23. The van der Waals surface area contributed by atoms with Gasteiger partial charge in [-0.3, -0.25) is 14.9 Å². The smallest absolute Gasteiger partial charge is 0.292 e. The van der Waals surface area contributed by atoms with E-state index in [-0.39, 0.29) is 17.3 Å². The van der Waals surface area contributed by atoms with Crippen LogP contribution in [0, 0.1) is 16.0 Å². The third-order valence-corrected chi connectivity index (χ3v) is 5.29. The molecule has 3 rings (SSSR count). The first-order valence-electron chi connectivity index (χ1n) is 9.09. The van der Waals surface area contributed by atoms with Gasteiger partial charge in [0.15, 0.2) is 0 Å². The average Bonchev–Trinajstić information content (AvgIpc) is 2.70. The van der Waals surface area contributed by atoms with Gasteiger partial charge in [-0.2, -0.15) is 9.78 Å². The molecular weight excluding hydrogens is 386 g/mol. The van der Waals surface area contributed by atoms with Crippen molar-refractivity contribution in [3.63, 3.8) is 0 Å². The zero-order valence-electron chi connectivity index (χ0n) is 15.3. The lowest BCUT2D eigenvalue weighted by molar-refractivity contribution is -0.384. The molecule has 0 bridgehead atoms. The number of hydrogen-bond acceptors (Lipinski definition) is 7. The van der Waals surface area contributed by atoms with Crippen LogP contribution in [0.15, 0.2) is 35.3 Å². The molecule has 0 unspecified atom stereocenters. The van der Waals surface area contributed by atoms with Crippen molar-refractivity contribution in [2.75, 3.05) is 38.1 Å². The van der Waals surface area contributed by atoms with Crippen LogP contribution in [0.5, 0.6) is 0 Å². The number of non-ortho nitro benzene ring substituents is 1. The Morgan fingerprint density at radius 2 is 1.96 bits per heavy atom. The fourth-order valence-corrected chi connectivity index (χ4v) is 3.46. The quantitative estimate of drug-likeness (QED) is 0.532. The van der Waals surface area contributed by atoms with Gasteiger partial charge in [-0.05, 0) is 44.0 Å². The number of nitrogens with one attached hydrogen (secondary N) is 1. The number of benzene rings is 1. The van der Waals surface area contributed by atoms with Gasteiger partial charge in [-0.1, -0.05) is 11.6 Å². The van der Waals surface area contributed by atoms with Crippen molar-refractivity contribution in [3.05, 3.63) is 56.0 Å². The first-order valence-corrected chi connectivity index (χ1v) is 9.47. The van der Waals surface area contributed by atoms with Crippen LogP contribution in [0.25, 0.3) is 5.69 Å². The Kier molecular flexibility index (Phi) is 6.61. The number of aliphatic hydroxyl groups is 1. The summed E-state index contributed by atoms with van der Waals surface area (Å²) in [6, 6.07) is 5.53. The third-order valence-electron chi connectivity index (χ3n) is 4.93. The lowest BCUT2D eigenvalue weighted by Gasteiger charge is -2.31. The van der Waals surface area contributed by atoms with Crippen LogP contribution in [0.1, 0.15) is 12.8 Å². The Hall–Kier alpha value is -2.49. The molecule has 1 aliphatic heterocycles. The number of nitro groups is 1. The van der Waals surface area contributed by atoms with Crippen molar-refractivity contribution < 1.29 is 10.0 Å². The van der Waals surface area contributed by atoms with Gasteiger partial charge < -0.3 is 15.3 Å². The highest BCUT2D eigenvalue weighted by atomic mass is 35.5. The molecule has 10 heteroatoms. The van der Waals surface area contributed by atoms with Crippen LogP contribution < -0.4 is 10.9 Å². The monoisotopic (exact) mass is 407 g/mol. The number of piperidine rings is 1. The molecule has 0 aliphatic carbocycles. The first-order chi connectivity index (χ1) is 13.5. The van der Waals surface area contributed by atoms with Gasteiger partial charge in [0.2, 0.25) is 0 Å². The Balaban J connectivity index is 1.65. The van der Waals surface area contributed by atoms with E-state index in [0.717, 1.165) is 30.6 Å². The van der Waals surface area contributed by atoms with Crippen LogP contribution in [0.3, 0.4) is 0 Å². The summed E-state index contributed by atoms with van der Waals surface area (Å²) in [7, 11) is 0. The predicted octanol–water partition coefficient (Wildman–Crippen LogP) is 1.91. The molecule has 2 N–H and O–H groups in total. The number of rotatable bonds is 7. The van der Waals surface area contributed by atoms with Gasteiger partial charge in [0.05, 0.1) is 29.1 Å². The normalized spacial score (nSPS) is 15.5. The Morgan fingerprint density at radius 1 is 1.29 bits per heavy atom. The fraction of sp³-hybridized carbons (Fsp3) is 0.444. The molecule has 0 spiro atoms. The standard InChI is InChI=1S/C18H22ClN5O4/c19-17-16(20-11-13-5-7-22(8-6-13)9-10-25)12-21-23(18(17)26)14-1-3-15(4-2-14)24(27)28/h1-4,12-13,20,25H,5-11H2. The Morgan fingerprint density at radius 3 is 2.57 bits per heavy atom. The summed E-state index contributed by atoms with van der Waals surface area (Å²) in [6.45, 7) is 3.46. The Bertz CT molecular complexity index is 879. The zero-order valence-corrected chi connectivity index (χ0v) is 16.0. The highest BCUT2D eigenvalue weighted by Crippen LogP contribution is 2.21. The fourth-order valence-electron chi connectivity index (χ4n) is 3.27. The summed E-state index contributed by atoms with van der Waals surface area (Å²) in [5.41, 5.74) is 0.326. The van der Waals surface area contributed by atoms with E-state index in [1.165, 1.54) is 30.5 Å². The van der Waals surface area contributed by atoms with E-state index in [2.05, 4.69) is 15.3 Å². The Labute approximate surface area is 166 Å². The van der Waals surface area contributed by atoms with E-state index in [4.69, 9.17) is 16.7 Å². The minimum Gasteiger partial charge on any atom is -0.395 e. The molecule has 1 saturated heterocycles. The summed E-state index contributed by atoms with van der Waals surface area (Å²) in [5.74, 6) is 0.461. The molecule has 1 fully saturated rings. The second-order valence-corrected chi connectivity index (χ2v) is 7.13. The average molecular weight is 408 g/mol. The van der Waals surface area contributed by atoms with E-state index in [1.54, 1.807) is 0 Å². The SMILES string of the molecule is O=c1c(Cl)c(NCC2CCN(CCO)CC2)cnn1-c1ccc([N+](=O)[O-])cc1. The molecular formula is C18H22ClN5O4. The van der Waals surface area contributed by atoms with E-state index in [9.17, 15) is 14.9 Å². The van der Waals surface area contributed by atoms with Crippen molar-refractivity contribution in [1.82, 2.24) is 14.7 Å². The molecule has 2 heterocycles. The number of hydrogen-bond donors (Lipinski definition) is 2. The molecule has 1 aromatic carbocycles. The number of anilines is 1. The van der Waals surface area contributed by atoms with Crippen molar-refractivity contribution in [2.24, 2.45) is 5.92 Å². The lowest BCUT2D eigenvalue weighted by atomic mass is 9.97. The maximum atomic E-state index is 12.5. The summed E-state index contributed by atoms with van der Waals surface area (Å²) < 4.78 is 1.12. The third kappa shape index (κ3) is 4.67. The maximum absolute atomic E-state index is 12.5. The number of β-amino-alcohol motifs (C(OH)–C–C–N with tert-alkyl or cyclic N) is 1. The molecule has 0 amide bonds. The second kappa shape index (κ2) is 9.13. The molecule has 0 saturated carbocycles. The number of nitro benzene ring substituents is 1. The second-order valence-electron chi connectivity index (χ2n) is 6.75. The molecule has 0 atom stereocenters. The number of aliphatic hydroxyl groups excluding tert-OH is 1. The molecule has 1 aromatic heterocycles. The van der Waals surface area contributed by atoms with Crippen LogP contribution in [-0.2, 0) is 0 Å². The van der Waals surface area contributed by atoms with Gasteiger partial charge in [0.25, 0.3) is 11.2 Å². The van der Waals surface area contributed by atoms with E-state index in [0.29, 0.717) is 30.4 Å². The molecule has 150 valence electrons. The van der Waals surface area contributed by atoms with Crippen molar-refractivity contribution in [3.8, 4) is 5.69 Å². The van der Waals surface area contributed by atoms with E-state index in [1.807, 2.05) is 0 Å². The number of aromatic nitrogens is 2. The van der Waals surface area contributed by atoms with Crippen LogP contribution in [-0.4, -0.2) is 57.5 Å². The first kappa shape index (κ1) is 20.2. The topological polar surface area (TPSA) is 114 Å². The van der Waals surface area contributed by atoms with Crippen LogP contribution in [0.4, 0.5) is 11.4 Å². The van der Waals surface area contributed by atoms with E-state index >= 15 is 0 Å². The van der Waals surface area contributed by atoms with Gasteiger partial charge >= 0.3 is 0 Å². The molecule has 2 aromatic rings. The molecule has 0 radical (unpaired) electrons. The number of likely N-dealkylation sites (tertiary alicyclic amines) is 1. The highest BCUT2D eigenvalue weighted by molar-refractivity contribution is 6.32. The van der Waals surface area contributed by atoms with Gasteiger partial charge in [-0.15, -0.1) is 0 Å². The number of halogens is 1. The molecule has 9 nitrogen and oxygen atoms in total. The van der Waals surface area contributed by atoms with Crippen molar-refractivity contribution in [1.29, 1.82) is 0 Å². The van der Waals surface area contributed by atoms with Crippen LogP contribution in [0.2, 0.25) is 5.02 Å². The van der Waals surface area contributed by atoms with Gasteiger partial charge in [0, 0.05) is 25.2 Å². The van der Waals surface area contributed by atoms with E-state index < -0.39 is 10.5 Å². The van der Waals surface area contributed by atoms with Gasteiger partial charge in [-0.25, -0.2) is 0 Å². The minimum atomic E-state index is -0.506. The molecule has 1 aliphatic rings. The molecule has 28 heavy (non-hydrogen) atoms. The highest BCUT2D eigenvalue weighted by Gasteiger charge is 2.19. The lowest BCUT2D eigenvalue weighted by Crippen LogP contribution is -2.37. The van der Waals surface area contributed by atoms with Crippen LogP contribution >= 0.6 is 11.6 Å². The summed E-state index contributed by atoms with van der Waals surface area (Å²) in [4.78, 5) is 25.0.